The van der Waals surface area contributed by atoms with Crippen molar-refractivity contribution in [2.75, 3.05) is 36.4 Å². The summed E-state index contributed by atoms with van der Waals surface area (Å²) in [4.78, 5) is 26.5. The normalized spacial score (nSPS) is 13.9. The summed E-state index contributed by atoms with van der Waals surface area (Å²) in [6.45, 7) is 10.8. The van der Waals surface area contributed by atoms with E-state index in [-0.39, 0.29) is 5.91 Å². The Morgan fingerprint density at radius 2 is 1.52 bits per heavy atom. The van der Waals surface area contributed by atoms with Crippen LogP contribution in [0.2, 0.25) is 0 Å². The molecule has 0 radical (unpaired) electrons. The van der Waals surface area contributed by atoms with E-state index >= 15 is 0 Å². The number of aryl methyl sites for hydroxylation is 4. The van der Waals surface area contributed by atoms with E-state index in [4.69, 9.17) is 4.98 Å². The second-order valence-electron chi connectivity index (χ2n) is 8.28. The molecule has 160 valence electrons. The third-order valence-corrected chi connectivity index (χ3v) is 5.64. The van der Waals surface area contributed by atoms with Gasteiger partial charge in [-0.1, -0.05) is 35.4 Å². The zero-order chi connectivity index (χ0) is 22.0. The lowest BCUT2D eigenvalue weighted by molar-refractivity contribution is 0.0745. The van der Waals surface area contributed by atoms with E-state index in [9.17, 15) is 4.79 Å². The first-order valence-electron chi connectivity index (χ1n) is 10.7. The number of nitrogens with zero attached hydrogens (tertiary/aromatic N) is 4. The number of hydrogen-bond acceptors (Lipinski definition) is 5. The molecule has 0 atom stereocenters. The molecule has 0 bridgehead atoms. The van der Waals surface area contributed by atoms with E-state index in [1.54, 1.807) is 0 Å². The Balaban J connectivity index is 1.45. The number of piperazine rings is 1. The third-order valence-electron chi connectivity index (χ3n) is 5.64. The lowest BCUT2D eigenvalue weighted by atomic mass is 10.0. The van der Waals surface area contributed by atoms with Crippen molar-refractivity contribution in [1.29, 1.82) is 0 Å². The summed E-state index contributed by atoms with van der Waals surface area (Å²) in [6, 6.07) is 16.2. The number of aromatic nitrogens is 2. The van der Waals surface area contributed by atoms with Crippen LogP contribution in [-0.4, -0.2) is 47.0 Å². The zero-order valence-corrected chi connectivity index (χ0v) is 18.6. The van der Waals surface area contributed by atoms with Gasteiger partial charge >= 0.3 is 0 Å². The van der Waals surface area contributed by atoms with Crippen LogP contribution >= 0.6 is 0 Å². The Labute approximate surface area is 183 Å². The predicted octanol–water partition coefficient (Wildman–Crippen LogP) is 4.42. The van der Waals surface area contributed by atoms with Gasteiger partial charge in [-0.2, -0.15) is 4.98 Å². The molecule has 4 rings (SSSR count). The number of carbonyl (C=O) groups excluding carboxylic acids is 1. The maximum absolute atomic E-state index is 13.0. The minimum Gasteiger partial charge on any atom is -0.340 e. The highest BCUT2D eigenvalue weighted by atomic mass is 16.2. The summed E-state index contributed by atoms with van der Waals surface area (Å²) < 4.78 is 0. The fraction of sp³-hybridized carbons (Fsp3) is 0.320. The summed E-state index contributed by atoms with van der Waals surface area (Å²) in [5.74, 6) is 1.58. The minimum atomic E-state index is 0.104. The Morgan fingerprint density at radius 3 is 2.23 bits per heavy atom. The van der Waals surface area contributed by atoms with Crippen molar-refractivity contribution >= 4 is 23.4 Å². The van der Waals surface area contributed by atoms with Gasteiger partial charge in [0.05, 0.1) is 0 Å². The van der Waals surface area contributed by atoms with E-state index in [1.807, 2.05) is 62.1 Å². The van der Waals surface area contributed by atoms with Gasteiger partial charge in [-0.15, -0.1) is 0 Å². The number of amides is 1. The molecule has 0 aliphatic carbocycles. The van der Waals surface area contributed by atoms with Crippen LogP contribution in [0.1, 0.15) is 32.7 Å². The average molecular weight is 416 g/mol. The summed E-state index contributed by atoms with van der Waals surface area (Å²) in [5.41, 5.74) is 6.05. The summed E-state index contributed by atoms with van der Waals surface area (Å²) in [6.07, 6.45) is 0. The molecule has 1 amide bonds. The molecule has 1 aromatic heterocycles. The SMILES string of the molecule is Cc1ccc(Nc2cc(C)nc(N3CCN(C(=O)c4cc(C)ccc4C)CC3)n2)cc1. The van der Waals surface area contributed by atoms with E-state index in [2.05, 4.69) is 34.3 Å². The smallest absolute Gasteiger partial charge is 0.254 e. The van der Waals surface area contributed by atoms with Crippen molar-refractivity contribution in [3.05, 3.63) is 76.5 Å². The van der Waals surface area contributed by atoms with Crippen LogP contribution in [0.15, 0.2) is 48.5 Å². The molecule has 0 spiro atoms. The molecule has 0 unspecified atom stereocenters. The second-order valence-corrected chi connectivity index (χ2v) is 8.28. The molecule has 1 N–H and O–H groups in total. The van der Waals surface area contributed by atoms with Crippen molar-refractivity contribution in [2.24, 2.45) is 0 Å². The van der Waals surface area contributed by atoms with Crippen LogP contribution in [-0.2, 0) is 0 Å². The Bertz CT molecular complexity index is 1090. The third kappa shape index (κ3) is 4.85. The molecule has 31 heavy (non-hydrogen) atoms. The molecule has 0 saturated carbocycles. The standard InChI is InChI=1S/C25H29N5O/c1-17-6-9-21(10-7-17)27-23-16-20(4)26-25(28-23)30-13-11-29(12-14-30)24(31)22-15-18(2)5-8-19(22)3/h5-10,15-16H,11-14H2,1-4H3,(H,26,27,28). The van der Waals surface area contributed by atoms with Crippen molar-refractivity contribution in [1.82, 2.24) is 14.9 Å². The zero-order valence-electron chi connectivity index (χ0n) is 18.6. The Hall–Kier alpha value is -3.41. The number of anilines is 3. The maximum atomic E-state index is 13.0. The number of nitrogens with one attached hydrogen (secondary N) is 1. The van der Waals surface area contributed by atoms with Crippen LogP contribution in [0.3, 0.4) is 0 Å². The van der Waals surface area contributed by atoms with Crippen LogP contribution in [0.4, 0.5) is 17.5 Å². The van der Waals surface area contributed by atoms with Crippen molar-refractivity contribution < 1.29 is 4.79 Å². The first-order valence-corrected chi connectivity index (χ1v) is 10.7. The van der Waals surface area contributed by atoms with E-state index in [0.717, 1.165) is 33.9 Å². The molecule has 1 aliphatic heterocycles. The van der Waals surface area contributed by atoms with Gasteiger partial charge in [-0.05, 0) is 51.5 Å². The molecule has 6 heteroatoms. The molecule has 1 fully saturated rings. The van der Waals surface area contributed by atoms with Crippen LogP contribution in [0.5, 0.6) is 0 Å². The van der Waals surface area contributed by atoms with Gasteiger partial charge in [0.1, 0.15) is 5.82 Å². The first kappa shape index (κ1) is 20.8. The van der Waals surface area contributed by atoms with Gasteiger partial charge in [0.15, 0.2) is 0 Å². The van der Waals surface area contributed by atoms with Crippen LogP contribution in [0.25, 0.3) is 0 Å². The van der Waals surface area contributed by atoms with E-state index in [1.165, 1.54) is 5.56 Å². The van der Waals surface area contributed by atoms with Gasteiger partial charge in [0.25, 0.3) is 5.91 Å². The summed E-state index contributed by atoms with van der Waals surface area (Å²) >= 11 is 0. The van der Waals surface area contributed by atoms with Crippen LogP contribution < -0.4 is 10.2 Å². The maximum Gasteiger partial charge on any atom is 0.254 e. The summed E-state index contributed by atoms with van der Waals surface area (Å²) in [5, 5.41) is 3.37. The van der Waals surface area contributed by atoms with E-state index < -0.39 is 0 Å². The highest BCUT2D eigenvalue weighted by Gasteiger charge is 2.24. The van der Waals surface area contributed by atoms with Crippen molar-refractivity contribution in [3.63, 3.8) is 0 Å². The molecule has 1 aliphatic rings. The highest BCUT2D eigenvalue weighted by molar-refractivity contribution is 5.96. The largest absolute Gasteiger partial charge is 0.340 e. The van der Waals surface area contributed by atoms with Crippen molar-refractivity contribution in [2.45, 2.75) is 27.7 Å². The molecule has 2 heterocycles. The quantitative estimate of drug-likeness (QED) is 0.684. The van der Waals surface area contributed by atoms with Gasteiger partial charge in [0.2, 0.25) is 5.95 Å². The molecule has 2 aromatic carbocycles. The topological polar surface area (TPSA) is 61.4 Å². The molecule has 3 aromatic rings. The molecule has 6 nitrogen and oxygen atoms in total. The number of benzene rings is 2. The van der Waals surface area contributed by atoms with Gasteiger partial charge in [-0.25, -0.2) is 4.98 Å². The first-order chi connectivity index (χ1) is 14.9. The van der Waals surface area contributed by atoms with Crippen molar-refractivity contribution in [3.8, 4) is 0 Å². The Kier molecular flexibility index (Phi) is 5.89. The van der Waals surface area contributed by atoms with Gasteiger partial charge in [0, 0.05) is 49.2 Å². The fourth-order valence-corrected chi connectivity index (χ4v) is 3.79. The lowest BCUT2D eigenvalue weighted by Crippen LogP contribution is -2.49. The fourth-order valence-electron chi connectivity index (χ4n) is 3.79. The molecule has 1 saturated heterocycles. The Morgan fingerprint density at radius 1 is 0.839 bits per heavy atom. The monoisotopic (exact) mass is 415 g/mol. The van der Waals surface area contributed by atoms with Crippen LogP contribution in [0, 0.1) is 27.7 Å². The molecular formula is C25H29N5O. The van der Waals surface area contributed by atoms with E-state index in [0.29, 0.717) is 32.1 Å². The number of hydrogen-bond donors (Lipinski definition) is 1. The number of carbonyl (C=O) groups is 1. The minimum absolute atomic E-state index is 0.104. The van der Waals surface area contributed by atoms with Gasteiger partial charge < -0.3 is 15.1 Å². The second kappa shape index (κ2) is 8.76. The molecular weight excluding hydrogens is 386 g/mol. The average Bonchev–Trinajstić information content (AvgIpc) is 2.76. The van der Waals surface area contributed by atoms with Gasteiger partial charge in [-0.3, -0.25) is 4.79 Å². The number of rotatable bonds is 4. The highest BCUT2D eigenvalue weighted by Crippen LogP contribution is 2.21. The predicted molar refractivity (Wildman–Crippen MR) is 125 cm³/mol. The summed E-state index contributed by atoms with van der Waals surface area (Å²) in [7, 11) is 0. The lowest BCUT2D eigenvalue weighted by Gasteiger charge is -2.35.